The van der Waals surface area contributed by atoms with Gasteiger partial charge in [0.1, 0.15) is 11.3 Å². The molecule has 0 aliphatic carbocycles. The summed E-state index contributed by atoms with van der Waals surface area (Å²) in [7, 11) is 0. The first-order valence-electron chi connectivity index (χ1n) is 6.55. The van der Waals surface area contributed by atoms with Crippen molar-refractivity contribution in [1.82, 2.24) is 4.98 Å². The van der Waals surface area contributed by atoms with Crippen LogP contribution in [0.4, 0.5) is 0 Å². The van der Waals surface area contributed by atoms with Crippen LogP contribution in [0.15, 0.2) is 89.6 Å². The molecule has 1 N–H and O–H groups in total. The Morgan fingerprint density at radius 1 is 0.700 bits per heavy atom. The van der Waals surface area contributed by atoms with Crippen molar-refractivity contribution in [2.24, 2.45) is 0 Å². The zero-order valence-electron chi connectivity index (χ0n) is 11.0. The minimum atomic E-state index is 0.928. The van der Waals surface area contributed by atoms with E-state index in [1.165, 1.54) is 0 Å². The molecule has 0 unspecified atom stereocenters. The van der Waals surface area contributed by atoms with Crippen molar-refractivity contribution in [1.29, 1.82) is 0 Å². The highest BCUT2D eigenvalue weighted by atomic mass is 16.3. The van der Waals surface area contributed by atoms with Crippen LogP contribution in [0, 0.1) is 0 Å². The predicted octanol–water partition coefficient (Wildman–Crippen LogP) is 5.11. The van der Waals surface area contributed by atoms with Gasteiger partial charge in [-0.25, -0.2) is 0 Å². The van der Waals surface area contributed by atoms with Gasteiger partial charge in [-0.15, -0.1) is 0 Å². The molecular weight excluding hydrogens is 246 g/mol. The fourth-order valence-corrected chi connectivity index (χ4v) is 2.00. The zero-order valence-corrected chi connectivity index (χ0v) is 11.0. The largest absolute Gasteiger partial charge is 0.456 e. The Labute approximate surface area is 117 Å². The average Bonchev–Trinajstić information content (AvgIpc) is 3.20. The molecule has 0 saturated carbocycles. The molecule has 2 aromatic heterocycles. The maximum Gasteiger partial charge on any atom is 0.135 e. The zero-order chi connectivity index (χ0) is 13.6. The third-order valence-electron chi connectivity index (χ3n) is 2.98. The van der Waals surface area contributed by atoms with Crippen LogP contribution in [-0.2, 0) is 0 Å². The Hall–Kier alpha value is -2.74. The number of benzene rings is 2. The van der Waals surface area contributed by atoms with Gasteiger partial charge < -0.3 is 9.40 Å². The van der Waals surface area contributed by atoms with Crippen LogP contribution in [0.3, 0.4) is 0 Å². The van der Waals surface area contributed by atoms with Crippen LogP contribution < -0.4 is 0 Å². The van der Waals surface area contributed by atoms with Crippen molar-refractivity contribution in [3.63, 3.8) is 0 Å². The molecule has 0 aliphatic heterocycles. The molecule has 0 aliphatic rings. The van der Waals surface area contributed by atoms with Crippen molar-refractivity contribution in [2.45, 2.75) is 0 Å². The molecule has 0 atom stereocenters. The molecule has 98 valence electrons. The third kappa shape index (κ3) is 2.81. The summed E-state index contributed by atoms with van der Waals surface area (Å²) in [5.74, 6) is 0.928. The smallest absolute Gasteiger partial charge is 0.135 e. The second kappa shape index (κ2) is 5.93. The maximum absolute atomic E-state index is 5.75. The SMILES string of the molecule is c1cc[nH]c1.c1ccc(-c2cc3ccccc3o2)cc1. The van der Waals surface area contributed by atoms with Gasteiger partial charge in [-0.3, -0.25) is 0 Å². The Balaban J connectivity index is 0.000000205. The first-order valence-corrected chi connectivity index (χ1v) is 6.55. The molecule has 0 saturated heterocycles. The van der Waals surface area contributed by atoms with Gasteiger partial charge in [0.2, 0.25) is 0 Å². The fraction of sp³-hybridized carbons (Fsp3) is 0. The van der Waals surface area contributed by atoms with E-state index in [1.807, 2.05) is 60.9 Å². The van der Waals surface area contributed by atoms with Gasteiger partial charge in [0.15, 0.2) is 0 Å². The Kier molecular flexibility index (Phi) is 3.65. The minimum absolute atomic E-state index is 0.928. The predicted molar refractivity (Wildman–Crippen MR) is 82.4 cm³/mol. The second-order valence-corrected chi connectivity index (χ2v) is 4.40. The quantitative estimate of drug-likeness (QED) is 0.506. The number of aromatic amines is 1. The molecule has 20 heavy (non-hydrogen) atoms. The van der Waals surface area contributed by atoms with Crippen LogP contribution in [0.1, 0.15) is 0 Å². The monoisotopic (exact) mass is 261 g/mol. The number of H-pyrrole nitrogens is 1. The number of para-hydroxylation sites is 1. The molecular formula is C18H15NO. The average molecular weight is 261 g/mol. The summed E-state index contributed by atoms with van der Waals surface area (Å²) >= 11 is 0. The van der Waals surface area contributed by atoms with Gasteiger partial charge >= 0.3 is 0 Å². The molecule has 2 heteroatoms. The summed E-state index contributed by atoms with van der Waals surface area (Å²) < 4.78 is 5.75. The molecule has 4 rings (SSSR count). The van der Waals surface area contributed by atoms with Gasteiger partial charge in [0.05, 0.1) is 0 Å². The number of furan rings is 1. The lowest BCUT2D eigenvalue weighted by atomic mass is 10.1. The fourth-order valence-electron chi connectivity index (χ4n) is 2.00. The molecule has 2 aromatic carbocycles. The summed E-state index contributed by atoms with van der Waals surface area (Å²) in [6, 6.07) is 24.2. The van der Waals surface area contributed by atoms with E-state index in [2.05, 4.69) is 29.2 Å². The van der Waals surface area contributed by atoms with E-state index in [-0.39, 0.29) is 0 Å². The Bertz CT molecular complexity index is 704. The molecule has 0 amide bonds. The van der Waals surface area contributed by atoms with E-state index in [0.717, 1.165) is 22.3 Å². The lowest BCUT2D eigenvalue weighted by Gasteiger charge is -1.93. The Morgan fingerprint density at radius 2 is 1.40 bits per heavy atom. The molecule has 0 bridgehead atoms. The van der Waals surface area contributed by atoms with Crippen molar-refractivity contribution in [3.8, 4) is 11.3 Å². The minimum Gasteiger partial charge on any atom is -0.456 e. The second-order valence-electron chi connectivity index (χ2n) is 4.40. The van der Waals surface area contributed by atoms with Gasteiger partial charge in [0.25, 0.3) is 0 Å². The number of hydrogen-bond donors (Lipinski definition) is 1. The van der Waals surface area contributed by atoms with E-state index >= 15 is 0 Å². The van der Waals surface area contributed by atoms with Crippen molar-refractivity contribution in [3.05, 3.63) is 85.2 Å². The van der Waals surface area contributed by atoms with E-state index in [0.29, 0.717) is 0 Å². The van der Waals surface area contributed by atoms with Crippen LogP contribution in [-0.4, -0.2) is 4.98 Å². The first-order chi connectivity index (χ1) is 9.93. The van der Waals surface area contributed by atoms with Gasteiger partial charge in [0, 0.05) is 23.3 Å². The standard InChI is InChI=1S/C14H10O.C4H5N/c1-2-6-11(7-3-1)14-10-12-8-4-5-9-13(12)15-14;1-2-4-5-3-1/h1-10H;1-5H. The topological polar surface area (TPSA) is 28.9 Å². The summed E-state index contributed by atoms with van der Waals surface area (Å²) in [6.45, 7) is 0. The number of fused-ring (bicyclic) bond motifs is 1. The van der Waals surface area contributed by atoms with Crippen LogP contribution >= 0.6 is 0 Å². The van der Waals surface area contributed by atoms with Crippen molar-refractivity contribution < 1.29 is 4.42 Å². The lowest BCUT2D eigenvalue weighted by molar-refractivity contribution is 0.631. The van der Waals surface area contributed by atoms with E-state index in [1.54, 1.807) is 0 Å². The number of rotatable bonds is 1. The molecule has 2 nitrogen and oxygen atoms in total. The van der Waals surface area contributed by atoms with Crippen LogP contribution in [0.25, 0.3) is 22.3 Å². The highest BCUT2D eigenvalue weighted by molar-refractivity contribution is 5.82. The number of aromatic nitrogens is 1. The summed E-state index contributed by atoms with van der Waals surface area (Å²) in [6.07, 6.45) is 3.75. The number of hydrogen-bond acceptors (Lipinski definition) is 1. The highest BCUT2D eigenvalue weighted by Gasteiger charge is 2.03. The normalized spacial score (nSPS) is 10.0. The highest BCUT2D eigenvalue weighted by Crippen LogP contribution is 2.27. The summed E-state index contributed by atoms with van der Waals surface area (Å²) in [5, 5.41) is 1.15. The van der Waals surface area contributed by atoms with Crippen molar-refractivity contribution >= 4 is 11.0 Å². The lowest BCUT2D eigenvalue weighted by Crippen LogP contribution is -1.69. The van der Waals surface area contributed by atoms with E-state index < -0.39 is 0 Å². The third-order valence-corrected chi connectivity index (χ3v) is 2.98. The summed E-state index contributed by atoms with van der Waals surface area (Å²) in [5.41, 5.74) is 2.06. The van der Waals surface area contributed by atoms with Crippen molar-refractivity contribution in [2.75, 3.05) is 0 Å². The molecule has 4 aromatic rings. The van der Waals surface area contributed by atoms with E-state index in [4.69, 9.17) is 4.42 Å². The van der Waals surface area contributed by atoms with Gasteiger partial charge in [-0.2, -0.15) is 0 Å². The van der Waals surface area contributed by atoms with Gasteiger partial charge in [-0.1, -0.05) is 48.5 Å². The first kappa shape index (κ1) is 12.3. The Morgan fingerprint density at radius 3 is 2.05 bits per heavy atom. The molecule has 0 spiro atoms. The number of nitrogens with one attached hydrogen (secondary N) is 1. The van der Waals surface area contributed by atoms with Crippen LogP contribution in [0.2, 0.25) is 0 Å². The molecule has 2 heterocycles. The molecule has 0 fully saturated rings. The van der Waals surface area contributed by atoms with Crippen LogP contribution in [0.5, 0.6) is 0 Å². The van der Waals surface area contributed by atoms with Gasteiger partial charge in [-0.05, 0) is 24.3 Å². The maximum atomic E-state index is 5.75. The van der Waals surface area contributed by atoms with E-state index in [9.17, 15) is 0 Å². The summed E-state index contributed by atoms with van der Waals surface area (Å²) in [4.78, 5) is 2.86. The molecule has 0 radical (unpaired) electrons.